The molecule has 1 atom stereocenters. The maximum absolute atomic E-state index is 12.3. The fourth-order valence-electron chi connectivity index (χ4n) is 4.77. The summed E-state index contributed by atoms with van der Waals surface area (Å²) in [4.78, 5) is 14.4. The Bertz CT molecular complexity index is 690. The van der Waals surface area contributed by atoms with E-state index in [1.807, 2.05) is 12.1 Å². The number of carbonyl (C=O) groups excluding carboxylic acids is 1. The molecular weight excluding hydrogens is 356 g/mol. The molecule has 1 aromatic carbocycles. The number of allylic oxidation sites excluding steroid dienone is 4. The molecule has 27 heavy (non-hydrogen) atoms. The van der Waals surface area contributed by atoms with Crippen molar-refractivity contribution in [1.82, 2.24) is 4.90 Å². The summed E-state index contributed by atoms with van der Waals surface area (Å²) >= 11 is 6.29. The van der Waals surface area contributed by atoms with E-state index in [0.29, 0.717) is 18.5 Å². The summed E-state index contributed by atoms with van der Waals surface area (Å²) in [6.07, 6.45) is 12.3. The van der Waals surface area contributed by atoms with Crippen LogP contribution in [0.5, 0.6) is 0 Å². The highest BCUT2D eigenvalue weighted by Gasteiger charge is 2.41. The minimum atomic E-state index is 0.114. The molecule has 3 rings (SSSR count). The van der Waals surface area contributed by atoms with Crippen LogP contribution >= 0.6 is 11.6 Å². The summed E-state index contributed by atoms with van der Waals surface area (Å²) < 4.78 is 0. The van der Waals surface area contributed by atoms with Crippen LogP contribution < -0.4 is 5.73 Å². The molecule has 1 amide bonds. The Morgan fingerprint density at radius 1 is 1.26 bits per heavy atom. The average Bonchev–Trinajstić information content (AvgIpc) is 2.69. The Balaban J connectivity index is 1.62. The van der Waals surface area contributed by atoms with Crippen molar-refractivity contribution in [1.29, 1.82) is 0 Å². The molecule has 0 bridgehead atoms. The second-order valence-corrected chi connectivity index (χ2v) is 8.54. The predicted molar refractivity (Wildman–Crippen MR) is 112 cm³/mol. The quantitative estimate of drug-likeness (QED) is 0.772. The first kappa shape index (κ1) is 20.2. The lowest BCUT2D eigenvalue weighted by molar-refractivity contribution is -0.132. The van der Waals surface area contributed by atoms with Gasteiger partial charge in [0.25, 0.3) is 0 Å². The van der Waals surface area contributed by atoms with Gasteiger partial charge < -0.3 is 10.6 Å². The molecule has 1 saturated carbocycles. The van der Waals surface area contributed by atoms with Crippen LogP contribution in [-0.4, -0.2) is 29.9 Å². The van der Waals surface area contributed by atoms with Gasteiger partial charge in [-0.05, 0) is 68.0 Å². The number of halogens is 1. The van der Waals surface area contributed by atoms with Crippen molar-refractivity contribution in [2.45, 2.75) is 51.5 Å². The van der Waals surface area contributed by atoms with Crippen LogP contribution in [0.25, 0.3) is 0 Å². The highest BCUT2D eigenvalue weighted by molar-refractivity contribution is 6.29. The molecule has 146 valence electrons. The summed E-state index contributed by atoms with van der Waals surface area (Å²) in [5.41, 5.74) is 7.65. The third-order valence-electron chi connectivity index (χ3n) is 6.51. The first-order chi connectivity index (χ1) is 13.0. The van der Waals surface area contributed by atoms with Gasteiger partial charge >= 0.3 is 0 Å². The van der Waals surface area contributed by atoms with Gasteiger partial charge in [0.2, 0.25) is 5.91 Å². The molecule has 0 radical (unpaired) electrons. The van der Waals surface area contributed by atoms with E-state index in [2.05, 4.69) is 41.3 Å². The molecule has 0 aromatic heterocycles. The van der Waals surface area contributed by atoms with Crippen molar-refractivity contribution < 1.29 is 4.79 Å². The molecule has 1 unspecified atom stereocenters. The van der Waals surface area contributed by atoms with Crippen LogP contribution in [0.15, 0.2) is 53.6 Å². The maximum Gasteiger partial charge on any atom is 0.219 e. The van der Waals surface area contributed by atoms with Crippen LogP contribution in [0.3, 0.4) is 0 Å². The van der Waals surface area contributed by atoms with E-state index in [9.17, 15) is 4.79 Å². The van der Waals surface area contributed by atoms with E-state index in [0.717, 1.165) is 50.1 Å². The van der Waals surface area contributed by atoms with Gasteiger partial charge in [0, 0.05) is 24.5 Å². The van der Waals surface area contributed by atoms with Gasteiger partial charge in [-0.3, -0.25) is 4.79 Å². The second kappa shape index (κ2) is 9.07. The largest absolute Gasteiger partial charge is 0.340 e. The third-order valence-corrected chi connectivity index (χ3v) is 6.79. The van der Waals surface area contributed by atoms with Gasteiger partial charge in [-0.25, -0.2) is 0 Å². The Morgan fingerprint density at radius 2 is 1.96 bits per heavy atom. The number of carbonyl (C=O) groups is 1. The van der Waals surface area contributed by atoms with E-state index in [1.54, 1.807) is 6.92 Å². The van der Waals surface area contributed by atoms with Crippen molar-refractivity contribution in [3.05, 3.63) is 59.2 Å². The topological polar surface area (TPSA) is 46.3 Å². The van der Waals surface area contributed by atoms with E-state index < -0.39 is 0 Å². The Morgan fingerprint density at radius 3 is 2.56 bits per heavy atom. The molecular formula is C23H31ClN2O. The van der Waals surface area contributed by atoms with Crippen LogP contribution in [0.1, 0.15) is 44.6 Å². The van der Waals surface area contributed by atoms with Gasteiger partial charge in [0.05, 0.1) is 0 Å². The first-order valence-electron chi connectivity index (χ1n) is 10.1. The summed E-state index contributed by atoms with van der Waals surface area (Å²) in [5, 5.41) is 0.922. The lowest BCUT2D eigenvalue weighted by atomic mass is 9.63. The molecule has 0 spiro atoms. The minimum Gasteiger partial charge on any atom is -0.340 e. The molecule has 2 aliphatic carbocycles. The normalized spacial score (nSPS) is 27.9. The molecule has 0 heterocycles. The highest BCUT2D eigenvalue weighted by atomic mass is 35.5. The van der Waals surface area contributed by atoms with Crippen LogP contribution in [-0.2, 0) is 11.2 Å². The number of hydrogen-bond donors (Lipinski definition) is 1. The fourth-order valence-corrected chi connectivity index (χ4v) is 5.01. The summed E-state index contributed by atoms with van der Waals surface area (Å²) in [6, 6.07) is 10.7. The number of hydrogen-bond acceptors (Lipinski definition) is 2. The molecule has 2 aliphatic rings. The van der Waals surface area contributed by atoms with Gasteiger partial charge in [0.1, 0.15) is 0 Å². The predicted octanol–water partition coefficient (Wildman–Crippen LogP) is 4.66. The second-order valence-electron chi connectivity index (χ2n) is 8.05. The zero-order valence-corrected chi connectivity index (χ0v) is 17.0. The smallest absolute Gasteiger partial charge is 0.219 e. The molecule has 0 saturated heterocycles. The van der Waals surface area contributed by atoms with E-state index in [-0.39, 0.29) is 11.3 Å². The minimum absolute atomic E-state index is 0.114. The van der Waals surface area contributed by atoms with E-state index in [1.165, 1.54) is 5.56 Å². The lowest BCUT2D eigenvalue weighted by Gasteiger charge is -2.47. The Labute approximate surface area is 168 Å². The van der Waals surface area contributed by atoms with E-state index in [4.69, 9.17) is 17.3 Å². The van der Waals surface area contributed by atoms with Crippen molar-refractivity contribution in [2.24, 2.45) is 17.1 Å². The number of nitrogens with zero attached hydrogens (tertiary/aromatic N) is 1. The Hall–Kier alpha value is -1.58. The monoisotopic (exact) mass is 386 g/mol. The lowest BCUT2D eigenvalue weighted by Crippen LogP contribution is -2.48. The van der Waals surface area contributed by atoms with Gasteiger partial charge in [0.15, 0.2) is 0 Å². The molecule has 1 aromatic rings. The number of nitrogens with two attached hydrogens (primary N) is 1. The van der Waals surface area contributed by atoms with Gasteiger partial charge in [-0.15, -0.1) is 0 Å². The van der Waals surface area contributed by atoms with Crippen LogP contribution in [0, 0.1) is 11.3 Å². The standard InChI is InChI=1S/C23H31ClN2O/c1-18(27)26(15-12-19-6-3-2-4-7-19)22-10-13-23(17-25,14-11-22)20-8-5-9-21(24)16-20/h2-9,20,22H,10-17,25H2,1H3/t20?,22-,23+. The van der Waals surface area contributed by atoms with Crippen molar-refractivity contribution in [3.63, 3.8) is 0 Å². The fraction of sp³-hybridized carbons (Fsp3) is 0.522. The van der Waals surface area contributed by atoms with Crippen molar-refractivity contribution in [2.75, 3.05) is 13.1 Å². The van der Waals surface area contributed by atoms with Crippen LogP contribution in [0.4, 0.5) is 0 Å². The van der Waals surface area contributed by atoms with Crippen molar-refractivity contribution >= 4 is 17.5 Å². The highest BCUT2D eigenvalue weighted by Crippen LogP contribution is 2.47. The molecule has 1 fully saturated rings. The molecule has 4 heteroatoms. The maximum atomic E-state index is 12.3. The van der Waals surface area contributed by atoms with E-state index >= 15 is 0 Å². The van der Waals surface area contributed by atoms with Gasteiger partial charge in [-0.1, -0.05) is 54.1 Å². The Kier molecular flexibility index (Phi) is 6.78. The first-order valence-corrected chi connectivity index (χ1v) is 10.5. The SMILES string of the molecule is CC(=O)N(CCc1ccccc1)[C@H]1CC[C@@](CN)(C2C=CC=C(Cl)C2)CC1. The number of benzene rings is 1. The van der Waals surface area contributed by atoms with Crippen molar-refractivity contribution in [3.8, 4) is 0 Å². The van der Waals surface area contributed by atoms with Crippen LogP contribution in [0.2, 0.25) is 0 Å². The molecule has 0 aliphatic heterocycles. The zero-order chi connectivity index (χ0) is 19.3. The van der Waals surface area contributed by atoms with Gasteiger partial charge in [-0.2, -0.15) is 0 Å². The summed E-state index contributed by atoms with van der Waals surface area (Å²) in [6.45, 7) is 3.17. The number of amides is 1. The summed E-state index contributed by atoms with van der Waals surface area (Å²) in [5.74, 6) is 0.593. The average molecular weight is 387 g/mol. The number of rotatable bonds is 6. The third kappa shape index (κ3) is 4.83. The zero-order valence-electron chi connectivity index (χ0n) is 16.2. The summed E-state index contributed by atoms with van der Waals surface area (Å²) in [7, 11) is 0. The molecule has 3 nitrogen and oxygen atoms in total. The molecule has 2 N–H and O–H groups in total.